The highest BCUT2D eigenvalue weighted by molar-refractivity contribution is 6.02. The van der Waals surface area contributed by atoms with Crippen molar-refractivity contribution in [3.63, 3.8) is 0 Å². The van der Waals surface area contributed by atoms with Gasteiger partial charge in [-0.15, -0.1) is 0 Å². The van der Waals surface area contributed by atoms with Gasteiger partial charge in [-0.05, 0) is 73.4 Å². The Morgan fingerprint density at radius 2 is 1.68 bits per heavy atom. The third-order valence-electron chi connectivity index (χ3n) is 7.17. The molecule has 41 heavy (non-hydrogen) atoms. The Kier molecular flexibility index (Phi) is 7.29. The van der Waals surface area contributed by atoms with Crippen LogP contribution in [0.25, 0.3) is 11.8 Å². The first-order valence-corrected chi connectivity index (χ1v) is 13.0. The summed E-state index contributed by atoms with van der Waals surface area (Å²) in [6, 6.07) is 10.3. The molecule has 0 spiro atoms. The fourth-order valence-electron chi connectivity index (χ4n) is 4.82. The first-order valence-electron chi connectivity index (χ1n) is 13.0. The van der Waals surface area contributed by atoms with Gasteiger partial charge in [0.2, 0.25) is 0 Å². The van der Waals surface area contributed by atoms with E-state index in [0.717, 1.165) is 29.0 Å². The molecule has 0 saturated heterocycles. The van der Waals surface area contributed by atoms with Crippen molar-refractivity contribution in [2.75, 3.05) is 0 Å². The fourth-order valence-corrected chi connectivity index (χ4v) is 4.82. The van der Waals surface area contributed by atoms with Gasteiger partial charge in [-0.1, -0.05) is 18.2 Å². The van der Waals surface area contributed by atoms with Crippen molar-refractivity contribution in [2.24, 2.45) is 0 Å². The predicted molar refractivity (Wildman–Crippen MR) is 147 cm³/mol. The molecule has 0 unspecified atom stereocenters. The van der Waals surface area contributed by atoms with E-state index in [2.05, 4.69) is 9.97 Å². The Balaban J connectivity index is 1.37. The number of carbonyl (C=O) groups is 3. The van der Waals surface area contributed by atoms with Crippen molar-refractivity contribution >= 4 is 23.4 Å². The topological polar surface area (TPSA) is 81.9 Å². The molecule has 2 heterocycles. The third kappa shape index (κ3) is 6.09. The van der Waals surface area contributed by atoms with Crippen molar-refractivity contribution in [1.82, 2.24) is 14.5 Å². The number of halogens is 3. The maximum Gasteiger partial charge on any atom is 0.416 e. The van der Waals surface area contributed by atoms with Crippen molar-refractivity contribution in [3.05, 3.63) is 117 Å². The highest BCUT2D eigenvalue weighted by Crippen LogP contribution is 2.32. The number of hydrogen-bond acceptors (Lipinski definition) is 5. The lowest BCUT2D eigenvalue weighted by molar-refractivity contribution is -0.137. The summed E-state index contributed by atoms with van der Waals surface area (Å²) in [6.07, 6.45) is 1.99. The third-order valence-corrected chi connectivity index (χ3v) is 7.17. The van der Waals surface area contributed by atoms with E-state index in [1.54, 1.807) is 43.5 Å². The van der Waals surface area contributed by atoms with E-state index in [9.17, 15) is 27.6 Å². The van der Waals surface area contributed by atoms with Gasteiger partial charge in [0, 0.05) is 54.0 Å². The van der Waals surface area contributed by atoms with Crippen LogP contribution in [0.2, 0.25) is 0 Å². The number of imidazole rings is 1. The van der Waals surface area contributed by atoms with Gasteiger partial charge in [-0.3, -0.25) is 19.4 Å². The number of fused-ring (bicyclic) bond motifs is 1. The van der Waals surface area contributed by atoms with E-state index in [0.29, 0.717) is 34.4 Å². The minimum Gasteiger partial charge on any atom is -0.306 e. The lowest BCUT2D eigenvalue weighted by Crippen LogP contribution is -2.11. The molecule has 0 radical (unpaired) electrons. The van der Waals surface area contributed by atoms with Gasteiger partial charge in [-0.2, -0.15) is 13.2 Å². The molecule has 4 aromatic rings. The van der Waals surface area contributed by atoms with E-state index in [4.69, 9.17) is 0 Å². The van der Waals surface area contributed by atoms with Crippen molar-refractivity contribution in [2.45, 2.75) is 46.2 Å². The second-order valence-corrected chi connectivity index (χ2v) is 10.3. The number of Topliss-reactive ketones (excluding diaryl/α,β-unsaturated/α-hetero) is 3. The molecule has 0 fully saturated rings. The average Bonchev–Trinajstić information content (AvgIpc) is 3.56. The molecule has 0 saturated carbocycles. The largest absolute Gasteiger partial charge is 0.416 e. The smallest absolute Gasteiger partial charge is 0.306 e. The van der Waals surface area contributed by atoms with Crippen molar-refractivity contribution in [3.8, 4) is 5.69 Å². The summed E-state index contributed by atoms with van der Waals surface area (Å²) < 4.78 is 42.4. The molecule has 0 atom stereocenters. The second-order valence-electron chi connectivity index (χ2n) is 10.3. The van der Waals surface area contributed by atoms with Crippen molar-refractivity contribution < 1.29 is 27.6 Å². The number of pyridine rings is 1. The van der Waals surface area contributed by atoms with Crippen molar-refractivity contribution in [1.29, 1.82) is 0 Å². The number of benzene rings is 2. The summed E-state index contributed by atoms with van der Waals surface area (Å²) in [5.74, 6) is -0.683. The number of carbonyl (C=O) groups excluding carboxylic acids is 3. The zero-order valence-electron chi connectivity index (χ0n) is 22.7. The zero-order chi connectivity index (χ0) is 29.5. The van der Waals surface area contributed by atoms with Crippen LogP contribution in [0.5, 0.6) is 0 Å². The number of ketones is 3. The maximum absolute atomic E-state index is 13.7. The normalized spacial score (nSPS) is 12.7. The van der Waals surface area contributed by atoms with Crippen LogP contribution in [-0.4, -0.2) is 31.9 Å². The molecular weight excluding hydrogens is 531 g/mol. The second kappa shape index (κ2) is 10.7. The standard InChI is InChI=1S/C32H26F3N3O3/c1-18-4-5-21(6-22(18)13-31(41)26-9-24-8-23(20(3)39)12-29(24)36-15-26)7-30(40)25-10-27(32(33,34)35)14-28(11-25)38-16-19(2)37-17-38/h4-6,8-11,14-17H,7,12-13H2,1-3H3. The van der Waals surface area contributed by atoms with E-state index in [1.165, 1.54) is 30.1 Å². The molecule has 2 aromatic carbocycles. The SMILES string of the molecule is CC(=O)C1=Cc2cc(C(=O)Cc3cc(CC(=O)c4cc(-n5cnc(C)c5)cc(C(F)(F)F)c4)ccc3C)cnc2C1. The fraction of sp³-hybridized carbons (Fsp3) is 0.219. The number of alkyl halides is 3. The van der Waals surface area contributed by atoms with E-state index in [-0.39, 0.29) is 35.7 Å². The molecule has 1 aliphatic carbocycles. The minimum atomic E-state index is -4.63. The van der Waals surface area contributed by atoms with Gasteiger partial charge in [0.15, 0.2) is 17.3 Å². The van der Waals surface area contributed by atoms with Crippen LogP contribution in [0, 0.1) is 13.8 Å². The molecule has 0 bridgehead atoms. The Hall–Kier alpha value is -4.66. The molecule has 2 aromatic heterocycles. The van der Waals surface area contributed by atoms with Gasteiger partial charge < -0.3 is 4.57 Å². The summed E-state index contributed by atoms with van der Waals surface area (Å²) in [6.45, 7) is 5.07. The Morgan fingerprint density at radius 1 is 0.927 bits per heavy atom. The summed E-state index contributed by atoms with van der Waals surface area (Å²) in [5, 5.41) is 0. The Labute approximate surface area is 234 Å². The Morgan fingerprint density at radius 3 is 2.37 bits per heavy atom. The van der Waals surface area contributed by atoms with Gasteiger partial charge in [-0.25, -0.2) is 4.98 Å². The monoisotopic (exact) mass is 557 g/mol. The first kappa shape index (κ1) is 27.9. The molecule has 208 valence electrons. The quantitative estimate of drug-likeness (QED) is 0.238. The van der Waals surface area contributed by atoms with Gasteiger partial charge in [0.05, 0.1) is 23.3 Å². The Bertz CT molecular complexity index is 1750. The number of rotatable bonds is 8. The number of aromatic nitrogens is 3. The van der Waals surface area contributed by atoms with Crippen LogP contribution in [0.3, 0.4) is 0 Å². The molecule has 9 heteroatoms. The average molecular weight is 558 g/mol. The summed E-state index contributed by atoms with van der Waals surface area (Å²) in [5.41, 5.74) is 4.54. The van der Waals surface area contributed by atoms with Gasteiger partial charge in [0.1, 0.15) is 0 Å². The zero-order valence-corrected chi connectivity index (χ0v) is 22.7. The molecule has 5 rings (SSSR count). The lowest BCUT2D eigenvalue weighted by atomic mass is 9.94. The van der Waals surface area contributed by atoms with Crippen LogP contribution in [0.15, 0.2) is 66.8 Å². The maximum atomic E-state index is 13.7. The highest BCUT2D eigenvalue weighted by atomic mass is 19.4. The number of aryl methyl sites for hydroxylation is 2. The molecule has 6 nitrogen and oxygen atoms in total. The predicted octanol–water partition coefficient (Wildman–Crippen LogP) is 6.28. The summed E-state index contributed by atoms with van der Waals surface area (Å²) >= 11 is 0. The van der Waals surface area contributed by atoms with Gasteiger partial charge >= 0.3 is 6.18 Å². The molecular formula is C32H26F3N3O3. The highest BCUT2D eigenvalue weighted by Gasteiger charge is 2.32. The molecule has 0 amide bonds. The first-order chi connectivity index (χ1) is 19.4. The van der Waals surface area contributed by atoms with E-state index >= 15 is 0 Å². The molecule has 0 aliphatic heterocycles. The van der Waals surface area contributed by atoms with Gasteiger partial charge in [0.25, 0.3) is 0 Å². The minimum absolute atomic E-state index is 0.0314. The number of hydrogen-bond donors (Lipinski definition) is 0. The van der Waals surface area contributed by atoms with Crippen LogP contribution < -0.4 is 0 Å². The molecule has 0 N–H and O–H groups in total. The number of nitrogens with zero attached hydrogens (tertiary/aromatic N) is 3. The molecule has 1 aliphatic rings. The van der Waals surface area contributed by atoms with Crippen LogP contribution in [-0.2, 0) is 30.2 Å². The van der Waals surface area contributed by atoms with E-state index < -0.39 is 17.5 Å². The lowest BCUT2D eigenvalue weighted by Gasteiger charge is -2.13. The summed E-state index contributed by atoms with van der Waals surface area (Å²) in [7, 11) is 0. The summed E-state index contributed by atoms with van der Waals surface area (Å²) in [4.78, 5) is 46.5. The number of allylic oxidation sites excluding steroid dienone is 1. The van der Waals surface area contributed by atoms with Crippen LogP contribution in [0.1, 0.15) is 66.8 Å². The van der Waals surface area contributed by atoms with Crippen LogP contribution >= 0.6 is 0 Å². The van der Waals surface area contributed by atoms with Crippen LogP contribution in [0.4, 0.5) is 13.2 Å². The van der Waals surface area contributed by atoms with E-state index in [1.807, 2.05) is 6.92 Å².